The minimum atomic E-state index is -0.425. The number of nitrogens with zero attached hydrogens (tertiary/aromatic N) is 1. The maximum absolute atomic E-state index is 9.81. The summed E-state index contributed by atoms with van der Waals surface area (Å²) in [7, 11) is 1.73. The number of hydrogen-bond donors (Lipinski definition) is 1. The molecule has 1 aromatic rings. The van der Waals surface area contributed by atoms with E-state index in [1.807, 2.05) is 25.1 Å². The Morgan fingerprint density at radius 3 is 2.78 bits per heavy atom. The normalized spacial score (nSPS) is 17.5. The van der Waals surface area contributed by atoms with Crippen LogP contribution in [0.3, 0.4) is 0 Å². The van der Waals surface area contributed by atoms with Crippen molar-refractivity contribution < 1.29 is 9.84 Å². The van der Waals surface area contributed by atoms with Crippen LogP contribution in [0.4, 0.5) is 5.69 Å². The molecule has 0 fully saturated rings. The standard InChI is InChI=1S/C15H21NO2/c1-12(17)14-5-3-4-6-15(14)16-9-7-13(8-10-16)11-18-2/h3-7,12,17H,8-11H2,1-2H3/t12-/m1/s1. The molecule has 98 valence electrons. The van der Waals surface area contributed by atoms with Crippen molar-refractivity contribution in [3.63, 3.8) is 0 Å². The molecule has 0 radical (unpaired) electrons. The number of hydrogen-bond acceptors (Lipinski definition) is 3. The van der Waals surface area contributed by atoms with Crippen LogP contribution in [0, 0.1) is 0 Å². The van der Waals surface area contributed by atoms with Gasteiger partial charge in [0.05, 0.1) is 12.7 Å². The third kappa shape index (κ3) is 2.92. The number of anilines is 1. The van der Waals surface area contributed by atoms with E-state index in [1.165, 1.54) is 5.57 Å². The summed E-state index contributed by atoms with van der Waals surface area (Å²) >= 11 is 0. The molecule has 0 aliphatic carbocycles. The van der Waals surface area contributed by atoms with Gasteiger partial charge in [0.25, 0.3) is 0 Å². The quantitative estimate of drug-likeness (QED) is 0.830. The molecule has 18 heavy (non-hydrogen) atoms. The second-order valence-corrected chi connectivity index (χ2v) is 4.73. The molecule has 3 heteroatoms. The molecule has 3 nitrogen and oxygen atoms in total. The Balaban J connectivity index is 2.14. The third-order valence-corrected chi connectivity index (χ3v) is 3.36. The molecule has 1 heterocycles. The van der Waals surface area contributed by atoms with Crippen molar-refractivity contribution in [1.82, 2.24) is 0 Å². The Bertz CT molecular complexity index is 426. The molecule has 2 rings (SSSR count). The topological polar surface area (TPSA) is 32.7 Å². The fourth-order valence-corrected chi connectivity index (χ4v) is 2.38. The van der Waals surface area contributed by atoms with Crippen molar-refractivity contribution >= 4 is 5.69 Å². The lowest BCUT2D eigenvalue weighted by molar-refractivity contribution is 0.199. The van der Waals surface area contributed by atoms with E-state index in [2.05, 4.69) is 17.0 Å². The van der Waals surface area contributed by atoms with Crippen molar-refractivity contribution in [2.45, 2.75) is 19.4 Å². The van der Waals surface area contributed by atoms with Crippen LogP contribution in [0.5, 0.6) is 0 Å². The van der Waals surface area contributed by atoms with Crippen molar-refractivity contribution in [2.24, 2.45) is 0 Å². The van der Waals surface area contributed by atoms with Crippen LogP contribution < -0.4 is 4.90 Å². The number of benzene rings is 1. The van der Waals surface area contributed by atoms with Gasteiger partial charge in [0, 0.05) is 31.5 Å². The Morgan fingerprint density at radius 2 is 2.17 bits per heavy atom. The van der Waals surface area contributed by atoms with E-state index in [0.717, 1.165) is 37.4 Å². The van der Waals surface area contributed by atoms with Gasteiger partial charge in [-0.1, -0.05) is 24.3 Å². The first-order chi connectivity index (χ1) is 8.72. The minimum absolute atomic E-state index is 0.425. The lowest BCUT2D eigenvalue weighted by Crippen LogP contribution is -2.30. The first kappa shape index (κ1) is 13.1. The van der Waals surface area contributed by atoms with E-state index in [4.69, 9.17) is 4.74 Å². The summed E-state index contributed by atoms with van der Waals surface area (Å²) in [6, 6.07) is 8.07. The van der Waals surface area contributed by atoms with Gasteiger partial charge in [0.1, 0.15) is 0 Å². The summed E-state index contributed by atoms with van der Waals surface area (Å²) in [5.74, 6) is 0. The highest BCUT2D eigenvalue weighted by atomic mass is 16.5. The van der Waals surface area contributed by atoms with Gasteiger partial charge in [-0.3, -0.25) is 0 Å². The maximum Gasteiger partial charge on any atom is 0.0781 e. The van der Waals surface area contributed by atoms with Gasteiger partial charge in [0.15, 0.2) is 0 Å². The van der Waals surface area contributed by atoms with Gasteiger partial charge in [-0.05, 0) is 25.0 Å². The van der Waals surface area contributed by atoms with Crippen molar-refractivity contribution in [3.8, 4) is 0 Å². The first-order valence-corrected chi connectivity index (χ1v) is 6.41. The zero-order valence-corrected chi connectivity index (χ0v) is 11.1. The molecule has 1 aliphatic heterocycles. The summed E-state index contributed by atoms with van der Waals surface area (Å²) in [6.45, 7) is 4.42. The van der Waals surface area contributed by atoms with Crippen molar-refractivity contribution in [1.29, 1.82) is 0 Å². The van der Waals surface area contributed by atoms with Crippen molar-refractivity contribution in [3.05, 3.63) is 41.5 Å². The van der Waals surface area contributed by atoms with E-state index < -0.39 is 6.10 Å². The number of aliphatic hydroxyl groups excluding tert-OH is 1. The highest BCUT2D eigenvalue weighted by Gasteiger charge is 2.16. The van der Waals surface area contributed by atoms with Gasteiger partial charge in [-0.2, -0.15) is 0 Å². The van der Waals surface area contributed by atoms with Gasteiger partial charge in [-0.25, -0.2) is 0 Å². The number of rotatable bonds is 4. The smallest absolute Gasteiger partial charge is 0.0781 e. The molecule has 0 unspecified atom stereocenters. The Labute approximate surface area is 109 Å². The number of ether oxygens (including phenoxy) is 1. The molecule has 0 saturated heterocycles. The summed E-state index contributed by atoms with van der Waals surface area (Å²) in [6.07, 6.45) is 2.83. The first-order valence-electron chi connectivity index (χ1n) is 6.41. The predicted molar refractivity (Wildman–Crippen MR) is 73.9 cm³/mol. The van der Waals surface area contributed by atoms with E-state index in [0.29, 0.717) is 0 Å². The second kappa shape index (κ2) is 6.03. The molecular formula is C15H21NO2. The molecule has 1 atom stereocenters. The zero-order valence-electron chi connectivity index (χ0n) is 11.1. The average Bonchev–Trinajstić information content (AvgIpc) is 2.40. The number of para-hydroxylation sites is 1. The third-order valence-electron chi connectivity index (χ3n) is 3.36. The molecule has 0 saturated carbocycles. The molecule has 0 bridgehead atoms. The summed E-state index contributed by atoms with van der Waals surface area (Å²) in [5, 5.41) is 9.81. The molecule has 1 N–H and O–H groups in total. The van der Waals surface area contributed by atoms with Gasteiger partial charge < -0.3 is 14.7 Å². The van der Waals surface area contributed by atoms with Crippen LogP contribution in [-0.4, -0.2) is 31.9 Å². The predicted octanol–water partition coefficient (Wildman–Crippen LogP) is 2.52. The molecule has 1 aromatic carbocycles. The Hall–Kier alpha value is -1.32. The fraction of sp³-hybridized carbons (Fsp3) is 0.467. The second-order valence-electron chi connectivity index (χ2n) is 4.73. The van der Waals surface area contributed by atoms with Crippen LogP contribution in [0.15, 0.2) is 35.9 Å². The summed E-state index contributed by atoms with van der Waals surface area (Å²) < 4.78 is 5.16. The largest absolute Gasteiger partial charge is 0.389 e. The van der Waals surface area contributed by atoms with Gasteiger partial charge in [0.2, 0.25) is 0 Å². The SMILES string of the molecule is COCC1=CCN(c2ccccc2[C@@H](C)O)CC1. The van der Waals surface area contributed by atoms with Crippen LogP contribution in [0.2, 0.25) is 0 Å². The van der Waals surface area contributed by atoms with Crippen LogP contribution in [0.1, 0.15) is 25.0 Å². The molecule has 1 aliphatic rings. The lowest BCUT2D eigenvalue weighted by atomic mass is 10.0. The maximum atomic E-state index is 9.81. The van der Waals surface area contributed by atoms with E-state index in [-0.39, 0.29) is 0 Å². The van der Waals surface area contributed by atoms with Gasteiger partial charge in [-0.15, -0.1) is 0 Å². The monoisotopic (exact) mass is 247 g/mol. The number of aliphatic hydroxyl groups is 1. The highest BCUT2D eigenvalue weighted by Crippen LogP contribution is 2.28. The Kier molecular flexibility index (Phi) is 4.39. The van der Waals surface area contributed by atoms with Crippen LogP contribution in [0.25, 0.3) is 0 Å². The van der Waals surface area contributed by atoms with E-state index >= 15 is 0 Å². The summed E-state index contributed by atoms with van der Waals surface area (Å²) in [5.41, 5.74) is 3.50. The van der Waals surface area contributed by atoms with Crippen LogP contribution >= 0.6 is 0 Å². The molecule has 0 spiro atoms. The molecule has 0 amide bonds. The average molecular weight is 247 g/mol. The van der Waals surface area contributed by atoms with Gasteiger partial charge >= 0.3 is 0 Å². The van der Waals surface area contributed by atoms with E-state index in [9.17, 15) is 5.11 Å². The minimum Gasteiger partial charge on any atom is -0.389 e. The fourth-order valence-electron chi connectivity index (χ4n) is 2.38. The zero-order chi connectivity index (χ0) is 13.0. The number of methoxy groups -OCH3 is 1. The van der Waals surface area contributed by atoms with Crippen LogP contribution in [-0.2, 0) is 4.74 Å². The summed E-state index contributed by atoms with van der Waals surface area (Å²) in [4.78, 5) is 2.31. The molecule has 0 aromatic heterocycles. The Morgan fingerprint density at radius 1 is 1.39 bits per heavy atom. The van der Waals surface area contributed by atoms with Crippen molar-refractivity contribution in [2.75, 3.05) is 31.7 Å². The lowest BCUT2D eigenvalue weighted by Gasteiger charge is -2.30. The van der Waals surface area contributed by atoms with E-state index in [1.54, 1.807) is 7.11 Å². The highest BCUT2D eigenvalue weighted by molar-refractivity contribution is 5.55. The molecular weight excluding hydrogens is 226 g/mol.